The number of nitrogen functional groups attached to an aromatic ring is 1. The second-order valence-electron chi connectivity index (χ2n) is 9.48. The SMILES string of the molecule is CCOc1ccc([C@@H](C(=O)NC(C)(C)C)N(C(=O)c2snc(C(N)=O)c2N)c2ccc(CC)cc2)cc1. The largest absolute Gasteiger partial charge is 0.494 e. The van der Waals surface area contributed by atoms with Gasteiger partial charge in [-0.3, -0.25) is 19.3 Å². The van der Waals surface area contributed by atoms with E-state index in [0.717, 1.165) is 23.5 Å². The zero-order chi connectivity index (χ0) is 27.3. The summed E-state index contributed by atoms with van der Waals surface area (Å²) >= 11 is 0.771. The molecule has 1 atom stereocenters. The Morgan fingerprint density at radius 3 is 2.16 bits per heavy atom. The van der Waals surface area contributed by atoms with Gasteiger partial charge in [0.05, 0.1) is 12.3 Å². The van der Waals surface area contributed by atoms with E-state index in [1.807, 2.05) is 46.8 Å². The molecule has 2 aromatic carbocycles. The van der Waals surface area contributed by atoms with Crippen LogP contribution in [0.15, 0.2) is 48.5 Å². The molecule has 1 aromatic heterocycles. The Hall–Kier alpha value is -3.92. The van der Waals surface area contributed by atoms with E-state index < -0.39 is 23.4 Å². The number of rotatable bonds is 9. The van der Waals surface area contributed by atoms with Gasteiger partial charge in [-0.15, -0.1) is 0 Å². The van der Waals surface area contributed by atoms with Crippen molar-refractivity contribution in [1.29, 1.82) is 0 Å². The molecular weight excluding hydrogens is 490 g/mol. The zero-order valence-electron chi connectivity index (χ0n) is 21.7. The average molecular weight is 524 g/mol. The average Bonchev–Trinajstić information content (AvgIpc) is 3.23. The van der Waals surface area contributed by atoms with E-state index >= 15 is 0 Å². The molecule has 0 radical (unpaired) electrons. The normalized spacial score (nSPS) is 12.0. The summed E-state index contributed by atoms with van der Waals surface area (Å²) in [5.41, 5.74) is 12.8. The Bertz CT molecular complexity index is 1260. The van der Waals surface area contributed by atoms with Crippen LogP contribution in [0, 0.1) is 0 Å². The van der Waals surface area contributed by atoms with E-state index in [-0.39, 0.29) is 22.2 Å². The predicted molar refractivity (Wildman–Crippen MR) is 146 cm³/mol. The standard InChI is InChI=1S/C27H33N5O4S/c1-6-16-8-12-18(13-9-16)32(26(35)23-20(28)21(24(29)33)31-37-23)22(25(34)30-27(3,4)5)17-10-14-19(15-11-17)36-7-2/h8-15,22H,6-7,28H2,1-5H3,(H2,29,33)(H,30,34)/t22-/m0/s1. The van der Waals surface area contributed by atoms with Crippen LogP contribution >= 0.6 is 11.5 Å². The zero-order valence-corrected chi connectivity index (χ0v) is 22.5. The molecule has 5 N–H and O–H groups in total. The van der Waals surface area contributed by atoms with E-state index in [4.69, 9.17) is 16.2 Å². The van der Waals surface area contributed by atoms with E-state index in [1.165, 1.54) is 4.90 Å². The number of hydrogen-bond acceptors (Lipinski definition) is 7. The molecule has 0 saturated heterocycles. The molecule has 3 rings (SSSR count). The molecule has 0 bridgehead atoms. The highest BCUT2D eigenvalue weighted by atomic mass is 32.1. The smallest absolute Gasteiger partial charge is 0.273 e. The Morgan fingerprint density at radius 1 is 1.05 bits per heavy atom. The van der Waals surface area contributed by atoms with Crippen LogP contribution in [-0.2, 0) is 11.2 Å². The van der Waals surface area contributed by atoms with E-state index in [2.05, 4.69) is 9.69 Å². The maximum Gasteiger partial charge on any atom is 0.273 e. The van der Waals surface area contributed by atoms with Crippen molar-refractivity contribution in [2.75, 3.05) is 17.2 Å². The fourth-order valence-electron chi connectivity index (χ4n) is 3.78. The number of aromatic nitrogens is 1. The van der Waals surface area contributed by atoms with Crippen LogP contribution < -0.4 is 26.4 Å². The molecule has 0 fully saturated rings. The summed E-state index contributed by atoms with van der Waals surface area (Å²) in [7, 11) is 0. The molecule has 1 heterocycles. The van der Waals surface area contributed by atoms with Gasteiger partial charge in [0.2, 0.25) is 5.91 Å². The van der Waals surface area contributed by atoms with Crippen molar-refractivity contribution in [1.82, 2.24) is 9.69 Å². The molecule has 0 spiro atoms. The van der Waals surface area contributed by atoms with Crippen molar-refractivity contribution < 1.29 is 19.1 Å². The van der Waals surface area contributed by atoms with Crippen molar-refractivity contribution in [2.45, 2.75) is 52.6 Å². The lowest BCUT2D eigenvalue weighted by molar-refractivity contribution is -0.123. The van der Waals surface area contributed by atoms with Gasteiger partial charge in [0.25, 0.3) is 11.8 Å². The fraction of sp³-hybridized carbons (Fsp3) is 0.333. The molecule has 37 heavy (non-hydrogen) atoms. The third-order valence-corrected chi connectivity index (χ3v) is 6.36. The number of nitrogens with two attached hydrogens (primary N) is 2. The van der Waals surface area contributed by atoms with Gasteiger partial charge >= 0.3 is 0 Å². The van der Waals surface area contributed by atoms with Crippen molar-refractivity contribution in [2.24, 2.45) is 5.73 Å². The summed E-state index contributed by atoms with van der Waals surface area (Å²) in [4.78, 5) is 41.0. The molecule has 0 aliphatic rings. The van der Waals surface area contributed by atoms with Crippen LogP contribution in [0.1, 0.15) is 71.9 Å². The molecule has 3 amide bonds. The number of primary amides is 1. The van der Waals surface area contributed by atoms with Gasteiger partial charge in [-0.05, 0) is 81.0 Å². The van der Waals surface area contributed by atoms with Crippen LogP contribution in [0.4, 0.5) is 11.4 Å². The number of benzene rings is 2. The van der Waals surface area contributed by atoms with Crippen molar-refractivity contribution >= 4 is 40.6 Å². The number of aryl methyl sites for hydroxylation is 1. The number of carbonyl (C=O) groups excluding carboxylic acids is 3. The fourth-order valence-corrected chi connectivity index (χ4v) is 4.53. The Morgan fingerprint density at radius 2 is 1.68 bits per heavy atom. The van der Waals surface area contributed by atoms with E-state index in [9.17, 15) is 14.4 Å². The quantitative estimate of drug-likeness (QED) is 0.386. The molecule has 0 saturated carbocycles. The minimum Gasteiger partial charge on any atom is -0.494 e. The number of hydrogen-bond donors (Lipinski definition) is 3. The number of carbonyl (C=O) groups is 3. The number of anilines is 2. The Labute approximate surface area is 221 Å². The highest BCUT2D eigenvalue weighted by molar-refractivity contribution is 7.09. The van der Waals surface area contributed by atoms with Gasteiger partial charge in [-0.2, -0.15) is 4.37 Å². The monoisotopic (exact) mass is 523 g/mol. The summed E-state index contributed by atoms with van der Waals surface area (Å²) in [6.45, 7) is 10.00. The summed E-state index contributed by atoms with van der Waals surface area (Å²) in [6, 6.07) is 13.3. The highest BCUT2D eigenvalue weighted by Gasteiger charge is 2.37. The molecule has 0 unspecified atom stereocenters. The number of nitrogens with one attached hydrogen (secondary N) is 1. The maximum absolute atomic E-state index is 14.1. The second kappa shape index (κ2) is 11.4. The third-order valence-electron chi connectivity index (χ3n) is 5.51. The number of nitrogens with zero attached hydrogens (tertiary/aromatic N) is 2. The minimum absolute atomic E-state index is 0.0212. The highest BCUT2D eigenvalue weighted by Crippen LogP contribution is 2.34. The first-order valence-electron chi connectivity index (χ1n) is 12.0. The first-order chi connectivity index (χ1) is 17.5. The van der Waals surface area contributed by atoms with Gasteiger partial charge in [0.15, 0.2) is 5.69 Å². The molecule has 9 nitrogen and oxygen atoms in total. The van der Waals surface area contributed by atoms with Crippen LogP contribution in [0.2, 0.25) is 0 Å². The van der Waals surface area contributed by atoms with Gasteiger partial charge in [0.1, 0.15) is 16.7 Å². The van der Waals surface area contributed by atoms with Gasteiger partial charge in [0, 0.05) is 11.2 Å². The van der Waals surface area contributed by atoms with Crippen molar-refractivity contribution in [3.8, 4) is 5.75 Å². The van der Waals surface area contributed by atoms with Crippen molar-refractivity contribution in [3.05, 3.63) is 70.2 Å². The Balaban J connectivity index is 2.21. The summed E-state index contributed by atoms with van der Waals surface area (Å²) in [6.07, 6.45) is 0.810. The molecule has 10 heteroatoms. The van der Waals surface area contributed by atoms with Gasteiger partial charge < -0.3 is 21.5 Å². The summed E-state index contributed by atoms with van der Waals surface area (Å²) in [5.74, 6) is -1.15. The topological polar surface area (TPSA) is 141 Å². The summed E-state index contributed by atoms with van der Waals surface area (Å²) in [5, 5.41) is 2.99. The molecule has 3 aromatic rings. The predicted octanol–water partition coefficient (Wildman–Crippen LogP) is 4.09. The molecule has 0 aliphatic carbocycles. The van der Waals surface area contributed by atoms with Crippen molar-refractivity contribution in [3.63, 3.8) is 0 Å². The van der Waals surface area contributed by atoms with Crippen LogP contribution in [0.3, 0.4) is 0 Å². The van der Waals surface area contributed by atoms with Gasteiger partial charge in [-0.1, -0.05) is 31.2 Å². The van der Waals surface area contributed by atoms with Crippen LogP contribution in [0.5, 0.6) is 5.75 Å². The molecular formula is C27H33N5O4S. The second-order valence-corrected chi connectivity index (χ2v) is 10.3. The minimum atomic E-state index is -1.06. The number of amides is 3. The summed E-state index contributed by atoms with van der Waals surface area (Å²) < 4.78 is 9.55. The lowest BCUT2D eigenvalue weighted by Gasteiger charge is -2.33. The van der Waals surface area contributed by atoms with Crippen LogP contribution in [-0.4, -0.2) is 34.2 Å². The lowest BCUT2D eigenvalue weighted by Crippen LogP contribution is -2.49. The first kappa shape index (κ1) is 27.7. The van der Waals surface area contributed by atoms with E-state index in [1.54, 1.807) is 36.4 Å². The number of ether oxygens (including phenoxy) is 1. The maximum atomic E-state index is 14.1. The lowest BCUT2D eigenvalue weighted by atomic mass is 10.00. The third kappa shape index (κ3) is 6.45. The Kier molecular flexibility index (Phi) is 8.54. The van der Waals surface area contributed by atoms with Crippen LogP contribution in [0.25, 0.3) is 0 Å². The van der Waals surface area contributed by atoms with Gasteiger partial charge in [-0.25, -0.2) is 0 Å². The molecule has 0 aliphatic heterocycles. The first-order valence-corrected chi connectivity index (χ1v) is 12.8. The van der Waals surface area contributed by atoms with E-state index in [0.29, 0.717) is 23.6 Å². The molecule has 196 valence electrons.